The van der Waals surface area contributed by atoms with Crippen LogP contribution in [-0.4, -0.2) is 34.3 Å². The molecule has 1 heterocycles. The molecule has 19 heavy (non-hydrogen) atoms. The van der Waals surface area contributed by atoms with Crippen molar-refractivity contribution in [2.75, 3.05) is 17.7 Å². The Balaban J connectivity index is 2.35. The quantitative estimate of drug-likeness (QED) is 0.769. The number of nitrogens with zero attached hydrogens (tertiary/aromatic N) is 2. The van der Waals surface area contributed by atoms with E-state index in [1.54, 1.807) is 14.0 Å². The second-order valence-corrected chi connectivity index (χ2v) is 4.79. The zero-order chi connectivity index (χ0) is 13.8. The summed E-state index contributed by atoms with van der Waals surface area (Å²) >= 11 is 0. The van der Waals surface area contributed by atoms with Crippen molar-refractivity contribution in [2.24, 2.45) is 0 Å². The summed E-state index contributed by atoms with van der Waals surface area (Å²) in [5.41, 5.74) is 0.897. The van der Waals surface area contributed by atoms with Crippen LogP contribution in [0.25, 0.3) is 10.9 Å². The third-order valence-electron chi connectivity index (χ3n) is 2.90. The summed E-state index contributed by atoms with van der Waals surface area (Å²) in [4.78, 5) is 8.86. The van der Waals surface area contributed by atoms with Gasteiger partial charge < -0.3 is 15.7 Å². The van der Waals surface area contributed by atoms with Crippen LogP contribution >= 0.6 is 0 Å². The van der Waals surface area contributed by atoms with Crippen molar-refractivity contribution in [3.05, 3.63) is 24.3 Å². The molecule has 2 atom stereocenters. The highest BCUT2D eigenvalue weighted by Crippen LogP contribution is 2.22. The molecule has 1 aromatic carbocycles. The average Bonchev–Trinajstić information content (AvgIpc) is 2.37. The van der Waals surface area contributed by atoms with Gasteiger partial charge in [-0.05, 0) is 32.4 Å². The van der Waals surface area contributed by atoms with Crippen molar-refractivity contribution in [3.8, 4) is 0 Å². The van der Waals surface area contributed by atoms with Crippen LogP contribution in [0.2, 0.25) is 0 Å². The van der Waals surface area contributed by atoms with E-state index in [0.29, 0.717) is 12.4 Å². The van der Waals surface area contributed by atoms with Crippen molar-refractivity contribution in [2.45, 2.75) is 32.4 Å². The first-order chi connectivity index (χ1) is 9.10. The summed E-state index contributed by atoms with van der Waals surface area (Å²) in [6.07, 6.45) is 0.340. The molecule has 2 unspecified atom stereocenters. The first kappa shape index (κ1) is 13.5. The number of anilines is 2. The van der Waals surface area contributed by atoms with Crippen LogP contribution in [0.4, 0.5) is 11.8 Å². The van der Waals surface area contributed by atoms with E-state index < -0.39 is 0 Å². The van der Waals surface area contributed by atoms with E-state index in [9.17, 15) is 5.11 Å². The number of aromatic nitrogens is 2. The monoisotopic (exact) mass is 260 g/mol. The topological polar surface area (TPSA) is 70.1 Å². The molecule has 0 saturated heterocycles. The highest BCUT2D eigenvalue weighted by atomic mass is 16.3. The number of nitrogens with one attached hydrogen (secondary N) is 2. The van der Waals surface area contributed by atoms with Crippen LogP contribution < -0.4 is 10.6 Å². The fourth-order valence-corrected chi connectivity index (χ4v) is 2.10. The lowest BCUT2D eigenvalue weighted by Gasteiger charge is -2.17. The normalized spacial score (nSPS) is 14.1. The summed E-state index contributed by atoms with van der Waals surface area (Å²) in [5.74, 6) is 1.38. The maximum absolute atomic E-state index is 9.43. The number of hydrogen-bond donors (Lipinski definition) is 3. The number of para-hydroxylation sites is 1. The predicted octanol–water partition coefficient (Wildman–Crippen LogP) is 2.24. The maximum atomic E-state index is 9.43. The molecule has 0 spiro atoms. The summed E-state index contributed by atoms with van der Waals surface area (Å²) in [6, 6.07) is 8.02. The molecule has 102 valence electrons. The minimum absolute atomic E-state index is 0.142. The SMILES string of the molecule is CNc1nc(NC(C)CC(C)O)c2ccccc2n1. The number of fused-ring (bicyclic) bond motifs is 1. The van der Waals surface area contributed by atoms with Crippen molar-refractivity contribution >= 4 is 22.7 Å². The summed E-state index contributed by atoms with van der Waals surface area (Å²) in [5, 5.41) is 16.7. The van der Waals surface area contributed by atoms with Gasteiger partial charge in [0.2, 0.25) is 5.95 Å². The molecule has 2 rings (SSSR count). The molecule has 0 aliphatic carbocycles. The van der Waals surface area contributed by atoms with Crippen molar-refractivity contribution < 1.29 is 5.11 Å². The van der Waals surface area contributed by atoms with Crippen LogP contribution in [0.5, 0.6) is 0 Å². The number of benzene rings is 1. The minimum Gasteiger partial charge on any atom is -0.393 e. The Hall–Kier alpha value is -1.88. The van der Waals surface area contributed by atoms with E-state index in [-0.39, 0.29) is 12.1 Å². The van der Waals surface area contributed by atoms with Gasteiger partial charge in [0.15, 0.2) is 0 Å². The van der Waals surface area contributed by atoms with Gasteiger partial charge in [-0.15, -0.1) is 0 Å². The second kappa shape index (κ2) is 5.84. The fourth-order valence-electron chi connectivity index (χ4n) is 2.10. The van der Waals surface area contributed by atoms with E-state index in [1.807, 2.05) is 31.2 Å². The Morgan fingerprint density at radius 3 is 2.63 bits per heavy atom. The zero-order valence-corrected chi connectivity index (χ0v) is 11.5. The molecule has 1 aromatic heterocycles. The molecular weight excluding hydrogens is 240 g/mol. The zero-order valence-electron chi connectivity index (χ0n) is 11.5. The van der Waals surface area contributed by atoms with Crippen molar-refractivity contribution in [1.82, 2.24) is 9.97 Å². The number of aliphatic hydroxyl groups excluding tert-OH is 1. The molecule has 0 aliphatic heterocycles. The molecule has 0 radical (unpaired) electrons. The van der Waals surface area contributed by atoms with E-state index in [4.69, 9.17) is 0 Å². The van der Waals surface area contributed by atoms with Gasteiger partial charge in [-0.1, -0.05) is 12.1 Å². The molecule has 5 heteroatoms. The lowest BCUT2D eigenvalue weighted by molar-refractivity contribution is 0.179. The van der Waals surface area contributed by atoms with Gasteiger partial charge in [0.25, 0.3) is 0 Å². The average molecular weight is 260 g/mol. The first-order valence-electron chi connectivity index (χ1n) is 6.49. The Morgan fingerprint density at radius 2 is 1.95 bits per heavy atom. The van der Waals surface area contributed by atoms with Crippen molar-refractivity contribution in [3.63, 3.8) is 0 Å². The standard InChI is InChI=1S/C14H20N4O/c1-9(8-10(2)19)16-13-11-6-4-5-7-12(11)17-14(15-3)18-13/h4-7,9-10,19H,8H2,1-3H3,(H2,15,16,17,18). The highest BCUT2D eigenvalue weighted by molar-refractivity contribution is 5.90. The molecule has 0 aliphatic rings. The molecule has 0 bridgehead atoms. The van der Waals surface area contributed by atoms with Gasteiger partial charge in [0.1, 0.15) is 5.82 Å². The van der Waals surface area contributed by atoms with Gasteiger partial charge in [-0.3, -0.25) is 0 Å². The second-order valence-electron chi connectivity index (χ2n) is 4.79. The number of rotatable bonds is 5. The summed E-state index contributed by atoms with van der Waals surface area (Å²) in [7, 11) is 1.80. The Morgan fingerprint density at radius 1 is 1.21 bits per heavy atom. The van der Waals surface area contributed by atoms with E-state index in [2.05, 4.69) is 20.6 Å². The fraction of sp³-hybridized carbons (Fsp3) is 0.429. The van der Waals surface area contributed by atoms with Crippen LogP contribution in [0.15, 0.2) is 24.3 Å². The Labute approximate surface area is 113 Å². The summed E-state index contributed by atoms with van der Waals surface area (Å²) in [6.45, 7) is 3.82. The molecule has 0 amide bonds. The molecule has 3 N–H and O–H groups in total. The third-order valence-corrected chi connectivity index (χ3v) is 2.90. The highest BCUT2D eigenvalue weighted by Gasteiger charge is 2.11. The Kier molecular flexibility index (Phi) is 4.16. The van der Waals surface area contributed by atoms with Crippen LogP contribution in [0, 0.1) is 0 Å². The van der Waals surface area contributed by atoms with Gasteiger partial charge in [0.05, 0.1) is 11.6 Å². The smallest absolute Gasteiger partial charge is 0.224 e. The lowest BCUT2D eigenvalue weighted by atomic mass is 10.1. The predicted molar refractivity (Wildman–Crippen MR) is 78.5 cm³/mol. The largest absolute Gasteiger partial charge is 0.393 e. The lowest BCUT2D eigenvalue weighted by Crippen LogP contribution is -2.21. The first-order valence-corrected chi connectivity index (χ1v) is 6.49. The van der Waals surface area contributed by atoms with E-state index >= 15 is 0 Å². The minimum atomic E-state index is -0.334. The van der Waals surface area contributed by atoms with Gasteiger partial charge in [0, 0.05) is 18.5 Å². The molecule has 0 fully saturated rings. The molecular formula is C14H20N4O. The van der Waals surface area contributed by atoms with E-state index in [1.165, 1.54) is 0 Å². The Bertz CT molecular complexity index is 556. The molecule has 0 saturated carbocycles. The molecule has 5 nitrogen and oxygen atoms in total. The maximum Gasteiger partial charge on any atom is 0.224 e. The van der Waals surface area contributed by atoms with Crippen LogP contribution in [-0.2, 0) is 0 Å². The molecule has 2 aromatic rings. The number of hydrogen-bond acceptors (Lipinski definition) is 5. The van der Waals surface area contributed by atoms with Crippen molar-refractivity contribution in [1.29, 1.82) is 0 Å². The number of aliphatic hydroxyl groups is 1. The third kappa shape index (κ3) is 3.32. The van der Waals surface area contributed by atoms with Gasteiger partial charge >= 0.3 is 0 Å². The van der Waals surface area contributed by atoms with E-state index in [0.717, 1.165) is 16.7 Å². The van der Waals surface area contributed by atoms with Crippen LogP contribution in [0.3, 0.4) is 0 Å². The van der Waals surface area contributed by atoms with Crippen LogP contribution in [0.1, 0.15) is 20.3 Å². The van der Waals surface area contributed by atoms with Gasteiger partial charge in [-0.25, -0.2) is 4.98 Å². The summed E-state index contributed by atoms with van der Waals surface area (Å²) < 4.78 is 0. The van der Waals surface area contributed by atoms with Gasteiger partial charge in [-0.2, -0.15) is 4.98 Å².